The summed E-state index contributed by atoms with van der Waals surface area (Å²) in [6.45, 7) is -0.265. The van der Waals surface area contributed by atoms with Gasteiger partial charge in [-0.15, -0.1) is 0 Å². The van der Waals surface area contributed by atoms with Crippen LogP contribution in [-0.4, -0.2) is 26.7 Å². The minimum Gasteiger partial charge on any atom is -0.484 e. The Morgan fingerprint density at radius 1 is 1.21 bits per heavy atom. The average molecular weight is 349 g/mol. The van der Waals surface area contributed by atoms with E-state index in [0.717, 1.165) is 0 Å². The summed E-state index contributed by atoms with van der Waals surface area (Å²) in [5.41, 5.74) is 1.23. The highest BCUT2D eigenvalue weighted by molar-refractivity contribution is 7.91. The molecule has 0 aromatic heterocycles. The maximum atomic E-state index is 13.0. The van der Waals surface area contributed by atoms with Crippen LogP contribution in [0.5, 0.6) is 5.75 Å². The van der Waals surface area contributed by atoms with Gasteiger partial charge in [-0.25, -0.2) is 12.8 Å². The summed E-state index contributed by atoms with van der Waals surface area (Å²) in [6, 6.07) is 10.3. The number of hydrogen-bond acceptors (Lipinski definition) is 4. The summed E-state index contributed by atoms with van der Waals surface area (Å²) in [7, 11) is -3.21. The molecule has 1 aliphatic rings. The molecular weight excluding hydrogens is 333 g/mol. The first-order valence-corrected chi connectivity index (χ1v) is 9.13. The summed E-state index contributed by atoms with van der Waals surface area (Å²) in [5, 5.41) is 2.65. The standard InChI is InChI=1S/C17H16FNO4S/c18-13-4-1-5-15(10-13)23-11-17(20)19-14-6-7-16-12(9-14)3-2-8-24(16,21)22/h1,4-7,9-10H,2-3,8,11H2,(H,19,20). The predicted octanol–water partition coefficient (Wildman–Crippen LogP) is 2.56. The number of amides is 1. The van der Waals surface area contributed by atoms with Gasteiger partial charge in [0.05, 0.1) is 10.6 Å². The van der Waals surface area contributed by atoms with E-state index in [-0.39, 0.29) is 18.1 Å². The van der Waals surface area contributed by atoms with E-state index in [9.17, 15) is 17.6 Å². The maximum absolute atomic E-state index is 13.0. The van der Waals surface area contributed by atoms with Gasteiger partial charge < -0.3 is 10.1 Å². The molecule has 126 valence electrons. The van der Waals surface area contributed by atoms with Crippen molar-refractivity contribution in [2.24, 2.45) is 0 Å². The Balaban J connectivity index is 1.65. The smallest absolute Gasteiger partial charge is 0.262 e. The molecule has 5 nitrogen and oxygen atoms in total. The fourth-order valence-corrected chi connectivity index (χ4v) is 4.20. The van der Waals surface area contributed by atoms with Crippen LogP contribution >= 0.6 is 0 Å². The van der Waals surface area contributed by atoms with Gasteiger partial charge in [-0.2, -0.15) is 0 Å². The van der Waals surface area contributed by atoms with E-state index < -0.39 is 21.6 Å². The molecule has 2 aromatic rings. The summed E-state index contributed by atoms with van der Waals surface area (Å²) in [4.78, 5) is 12.3. The van der Waals surface area contributed by atoms with Crippen molar-refractivity contribution in [2.75, 3.05) is 17.7 Å². The van der Waals surface area contributed by atoms with Crippen LogP contribution < -0.4 is 10.1 Å². The molecule has 0 radical (unpaired) electrons. The second kappa shape index (κ2) is 6.60. The molecule has 7 heteroatoms. The molecule has 1 aliphatic heterocycles. The Kier molecular flexibility index (Phi) is 4.53. The van der Waals surface area contributed by atoms with Crippen molar-refractivity contribution in [1.29, 1.82) is 0 Å². The molecule has 0 bridgehead atoms. The van der Waals surface area contributed by atoms with E-state index in [4.69, 9.17) is 4.74 Å². The first-order chi connectivity index (χ1) is 11.4. The maximum Gasteiger partial charge on any atom is 0.262 e. The number of aryl methyl sites for hydroxylation is 1. The molecule has 24 heavy (non-hydrogen) atoms. The molecule has 1 amide bonds. The van der Waals surface area contributed by atoms with E-state index in [2.05, 4.69) is 5.32 Å². The van der Waals surface area contributed by atoms with Crippen LogP contribution in [0.3, 0.4) is 0 Å². The van der Waals surface area contributed by atoms with Gasteiger partial charge in [0.2, 0.25) is 0 Å². The van der Waals surface area contributed by atoms with E-state index >= 15 is 0 Å². The first-order valence-electron chi connectivity index (χ1n) is 7.48. The van der Waals surface area contributed by atoms with Crippen LogP contribution in [0.4, 0.5) is 10.1 Å². The van der Waals surface area contributed by atoms with Gasteiger partial charge in [-0.3, -0.25) is 4.79 Å². The lowest BCUT2D eigenvalue weighted by molar-refractivity contribution is -0.118. The number of carbonyl (C=O) groups is 1. The average Bonchev–Trinajstić information content (AvgIpc) is 2.52. The Morgan fingerprint density at radius 2 is 2.04 bits per heavy atom. The van der Waals surface area contributed by atoms with E-state index in [1.807, 2.05) is 0 Å². The quantitative estimate of drug-likeness (QED) is 0.921. The number of carbonyl (C=O) groups excluding carboxylic acids is 1. The molecule has 0 spiro atoms. The van der Waals surface area contributed by atoms with Crippen molar-refractivity contribution >= 4 is 21.4 Å². The number of rotatable bonds is 4. The highest BCUT2D eigenvalue weighted by Gasteiger charge is 2.23. The summed E-state index contributed by atoms with van der Waals surface area (Å²) < 4.78 is 42.2. The van der Waals surface area contributed by atoms with Crippen molar-refractivity contribution in [2.45, 2.75) is 17.7 Å². The molecule has 1 N–H and O–H groups in total. The molecule has 2 aromatic carbocycles. The Bertz CT molecular complexity index is 880. The number of anilines is 1. The summed E-state index contributed by atoms with van der Waals surface area (Å²) in [5.74, 6) is -0.420. The van der Waals surface area contributed by atoms with E-state index in [0.29, 0.717) is 29.0 Å². The van der Waals surface area contributed by atoms with Gasteiger partial charge in [-0.1, -0.05) is 6.07 Å². The third-order valence-corrected chi connectivity index (χ3v) is 5.60. The molecule has 0 unspecified atom stereocenters. The fraction of sp³-hybridized carbons (Fsp3) is 0.235. The van der Waals surface area contributed by atoms with Gasteiger partial charge in [0.15, 0.2) is 16.4 Å². The molecule has 0 atom stereocenters. The van der Waals surface area contributed by atoms with Crippen molar-refractivity contribution in [3.8, 4) is 5.75 Å². The second-order valence-corrected chi connectivity index (χ2v) is 7.62. The number of benzene rings is 2. The lowest BCUT2D eigenvalue weighted by Crippen LogP contribution is -2.21. The van der Waals surface area contributed by atoms with Crippen LogP contribution in [-0.2, 0) is 21.1 Å². The number of halogens is 1. The zero-order valence-corrected chi connectivity index (χ0v) is 13.6. The van der Waals surface area contributed by atoms with E-state index in [1.165, 1.54) is 24.3 Å². The van der Waals surface area contributed by atoms with Crippen molar-refractivity contribution in [1.82, 2.24) is 0 Å². The molecule has 0 fully saturated rings. The van der Waals surface area contributed by atoms with Crippen LogP contribution in [0.1, 0.15) is 12.0 Å². The molecule has 1 heterocycles. The van der Waals surface area contributed by atoms with Gasteiger partial charge >= 0.3 is 0 Å². The molecule has 3 rings (SSSR count). The normalized spacial score (nSPS) is 15.4. The number of hydrogen-bond donors (Lipinski definition) is 1. The number of nitrogens with one attached hydrogen (secondary N) is 1. The zero-order valence-electron chi connectivity index (χ0n) is 12.8. The van der Waals surface area contributed by atoms with Crippen molar-refractivity contribution in [3.63, 3.8) is 0 Å². The second-order valence-electron chi connectivity index (χ2n) is 5.54. The molecular formula is C17H16FNO4S. The Labute approximate surface area is 139 Å². The van der Waals surface area contributed by atoms with Gasteiger partial charge in [0, 0.05) is 11.8 Å². The third kappa shape index (κ3) is 3.73. The SMILES string of the molecule is O=C(COc1cccc(F)c1)Nc1ccc2c(c1)CCCS2(=O)=O. The molecule has 0 aliphatic carbocycles. The van der Waals surface area contributed by atoms with Crippen LogP contribution in [0.15, 0.2) is 47.4 Å². The lowest BCUT2D eigenvalue weighted by atomic mass is 10.1. The van der Waals surface area contributed by atoms with Crippen LogP contribution in [0.2, 0.25) is 0 Å². The van der Waals surface area contributed by atoms with Crippen molar-refractivity contribution in [3.05, 3.63) is 53.8 Å². The zero-order chi connectivity index (χ0) is 17.2. The minimum absolute atomic E-state index is 0.160. The van der Waals surface area contributed by atoms with Crippen LogP contribution in [0, 0.1) is 5.82 Å². The Hall–Kier alpha value is -2.41. The van der Waals surface area contributed by atoms with Crippen molar-refractivity contribution < 1.29 is 22.3 Å². The highest BCUT2D eigenvalue weighted by atomic mass is 32.2. The number of sulfone groups is 1. The van der Waals surface area contributed by atoms with Crippen LogP contribution in [0.25, 0.3) is 0 Å². The van der Waals surface area contributed by atoms with E-state index in [1.54, 1.807) is 18.2 Å². The number of ether oxygens (including phenoxy) is 1. The van der Waals surface area contributed by atoms with Gasteiger partial charge in [0.25, 0.3) is 5.91 Å². The molecule has 0 saturated carbocycles. The van der Waals surface area contributed by atoms with Gasteiger partial charge in [-0.05, 0) is 48.7 Å². The minimum atomic E-state index is -3.21. The molecule has 0 saturated heterocycles. The third-order valence-electron chi connectivity index (χ3n) is 3.70. The van der Waals surface area contributed by atoms with Gasteiger partial charge in [0.1, 0.15) is 11.6 Å². The monoisotopic (exact) mass is 349 g/mol. The number of fused-ring (bicyclic) bond motifs is 1. The fourth-order valence-electron chi connectivity index (χ4n) is 2.62. The summed E-state index contributed by atoms with van der Waals surface area (Å²) >= 11 is 0. The first kappa shape index (κ1) is 16.4. The predicted molar refractivity (Wildman–Crippen MR) is 87.3 cm³/mol. The lowest BCUT2D eigenvalue weighted by Gasteiger charge is -2.17. The summed E-state index contributed by atoms with van der Waals surface area (Å²) in [6.07, 6.45) is 1.24. The Morgan fingerprint density at radius 3 is 2.83 bits per heavy atom. The largest absolute Gasteiger partial charge is 0.484 e. The topological polar surface area (TPSA) is 72.5 Å². The highest BCUT2D eigenvalue weighted by Crippen LogP contribution is 2.27.